The van der Waals surface area contributed by atoms with Crippen LogP contribution in [0.5, 0.6) is 0 Å². The number of rotatable bonds is 36. The van der Waals surface area contributed by atoms with E-state index >= 15 is 0 Å². The molecular formula is C39H76O4. The highest BCUT2D eigenvalue weighted by atomic mass is 16.5. The van der Waals surface area contributed by atoms with Gasteiger partial charge in [0.25, 0.3) is 0 Å². The molecule has 0 aliphatic heterocycles. The van der Waals surface area contributed by atoms with Crippen LogP contribution < -0.4 is 0 Å². The Kier molecular flexibility index (Phi) is 36.2. The third-order valence-electron chi connectivity index (χ3n) is 8.78. The predicted octanol–water partition coefficient (Wildman–Crippen LogP) is 13.0. The summed E-state index contributed by atoms with van der Waals surface area (Å²) in [5, 5.41) is 0. The smallest absolute Gasteiger partial charge is 0.305 e. The molecule has 0 aromatic carbocycles. The number of hydrogen-bond donors (Lipinski definition) is 0. The highest BCUT2D eigenvalue weighted by Gasteiger charge is 2.04. The zero-order valence-electron chi connectivity index (χ0n) is 29.4. The Balaban J connectivity index is 3.17. The molecule has 0 fully saturated rings. The van der Waals surface area contributed by atoms with Gasteiger partial charge in [-0.15, -0.1) is 0 Å². The summed E-state index contributed by atoms with van der Waals surface area (Å²) in [5.41, 5.74) is 0. The summed E-state index contributed by atoms with van der Waals surface area (Å²) in [4.78, 5) is 23.5. The van der Waals surface area contributed by atoms with E-state index in [1.807, 2.05) is 0 Å². The van der Waals surface area contributed by atoms with Crippen molar-refractivity contribution in [2.24, 2.45) is 0 Å². The van der Waals surface area contributed by atoms with E-state index in [0.717, 1.165) is 38.5 Å². The maximum absolute atomic E-state index is 11.9. The molecule has 0 aliphatic carbocycles. The molecule has 0 heterocycles. The van der Waals surface area contributed by atoms with Crippen LogP contribution in [-0.2, 0) is 19.1 Å². The van der Waals surface area contributed by atoms with Crippen molar-refractivity contribution in [2.75, 3.05) is 13.2 Å². The van der Waals surface area contributed by atoms with Gasteiger partial charge in [-0.1, -0.05) is 187 Å². The molecule has 43 heavy (non-hydrogen) atoms. The van der Waals surface area contributed by atoms with Gasteiger partial charge in [-0.3, -0.25) is 9.59 Å². The molecule has 0 N–H and O–H groups in total. The van der Waals surface area contributed by atoms with Crippen LogP contribution in [0, 0.1) is 0 Å². The van der Waals surface area contributed by atoms with Gasteiger partial charge in [-0.25, -0.2) is 0 Å². The van der Waals surface area contributed by atoms with E-state index in [1.54, 1.807) is 0 Å². The van der Waals surface area contributed by atoms with Crippen LogP contribution in [0.4, 0.5) is 0 Å². The van der Waals surface area contributed by atoms with Crippen molar-refractivity contribution in [3.8, 4) is 0 Å². The molecule has 4 heteroatoms. The molecule has 0 bridgehead atoms. The molecule has 0 rings (SSSR count). The average molecular weight is 609 g/mol. The lowest BCUT2D eigenvalue weighted by molar-refractivity contribution is -0.144. The van der Waals surface area contributed by atoms with Crippen molar-refractivity contribution in [1.82, 2.24) is 0 Å². The minimum absolute atomic E-state index is 0.0125. The van der Waals surface area contributed by atoms with Gasteiger partial charge < -0.3 is 9.47 Å². The maximum atomic E-state index is 11.9. The van der Waals surface area contributed by atoms with Gasteiger partial charge in [-0.2, -0.15) is 0 Å². The Labute approximate surface area is 269 Å². The van der Waals surface area contributed by atoms with Gasteiger partial charge >= 0.3 is 11.9 Å². The van der Waals surface area contributed by atoms with Gasteiger partial charge in [0, 0.05) is 12.8 Å². The summed E-state index contributed by atoms with van der Waals surface area (Å²) < 4.78 is 10.6. The number of carbonyl (C=O) groups excluding carboxylic acids is 2. The third-order valence-corrected chi connectivity index (χ3v) is 8.78. The van der Waals surface area contributed by atoms with Crippen molar-refractivity contribution >= 4 is 11.9 Å². The molecular weight excluding hydrogens is 532 g/mol. The van der Waals surface area contributed by atoms with Crippen LogP contribution in [0.3, 0.4) is 0 Å². The number of ether oxygens (including phenoxy) is 2. The van der Waals surface area contributed by atoms with Gasteiger partial charge in [0.05, 0.1) is 13.2 Å². The minimum atomic E-state index is -0.0125. The molecule has 0 spiro atoms. The van der Waals surface area contributed by atoms with E-state index in [0.29, 0.717) is 26.1 Å². The van der Waals surface area contributed by atoms with Crippen LogP contribution >= 0.6 is 0 Å². The molecule has 0 aliphatic rings. The van der Waals surface area contributed by atoms with E-state index < -0.39 is 0 Å². The highest BCUT2D eigenvalue weighted by molar-refractivity contribution is 5.69. The van der Waals surface area contributed by atoms with E-state index in [1.165, 1.54) is 161 Å². The topological polar surface area (TPSA) is 52.6 Å². The first-order valence-corrected chi connectivity index (χ1v) is 19.5. The Bertz CT molecular complexity index is 561. The quantitative estimate of drug-likeness (QED) is 0.0524. The van der Waals surface area contributed by atoms with Crippen LogP contribution in [0.1, 0.15) is 226 Å². The molecule has 0 aromatic heterocycles. The van der Waals surface area contributed by atoms with Crippen LogP contribution in [0.15, 0.2) is 0 Å². The summed E-state index contributed by atoms with van der Waals surface area (Å²) in [6.07, 6.45) is 41.1. The second-order valence-corrected chi connectivity index (χ2v) is 13.2. The zero-order chi connectivity index (χ0) is 31.3. The van der Waals surface area contributed by atoms with Crippen molar-refractivity contribution in [3.63, 3.8) is 0 Å². The number of unbranched alkanes of at least 4 members (excludes halogenated alkanes) is 28. The summed E-state index contributed by atoms with van der Waals surface area (Å²) in [5.74, 6) is 0.00119. The molecule has 0 amide bonds. The first kappa shape index (κ1) is 41.9. The van der Waals surface area contributed by atoms with E-state index in [-0.39, 0.29) is 11.9 Å². The second kappa shape index (κ2) is 37.1. The number of hydrogen-bond acceptors (Lipinski definition) is 4. The van der Waals surface area contributed by atoms with Gasteiger partial charge in [0.1, 0.15) is 0 Å². The van der Waals surface area contributed by atoms with Crippen LogP contribution in [-0.4, -0.2) is 25.2 Å². The molecule has 4 nitrogen and oxygen atoms in total. The van der Waals surface area contributed by atoms with Crippen LogP contribution in [0.25, 0.3) is 0 Å². The molecule has 0 unspecified atom stereocenters. The summed E-state index contributed by atoms with van der Waals surface area (Å²) in [6.45, 7) is 5.60. The predicted molar refractivity (Wildman–Crippen MR) is 186 cm³/mol. The van der Waals surface area contributed by atoms with Gasteiger partial charge in [0.2, 0.25) is 0 Å². The molecule has 0 saturated carbocycles. The Morgan fingerprint density at radius 2 is 0.535 bits per heavy atom. The monoisotopic (exact) mass is 609 g/mol. The fourth-order valence-electron chi connectivity index (χ4n) is 5.79. The fourth-order valence-corrected chi connectivity index (χ4v) is 5.79. The SMILES string of the molecule is CCCCCCCCCCCCCCCC(=O)OCCCCCCCCCCCCCCCCCCC(=O)OCCCC. The molecule has 0 radical (unpaired) electrons. The summed E-state index contributed by atoms with van der Waals surface area (Å²) >= 11 is 0. The first-order valence-electron chi connectivity index (χ1n) is 19.5. The standard InChI is InChI=1S/C39H76O4/c1-3-5-7-8-9-10-11-16-19-22-26-29-32-35-39(41)43-37-33-30-27-24-21-18-15-13-12-14-17-20-23-25-28-31-34-38(40)42-36-6-4-2/h3-37H2,1-2H3. The van der Waals surface area contributed by atoms with Crippen molar-refractivity contribution in [3.05, 3.63) is 0 Å². The lowest BCUT2D eigenvalue weighted by atomic mass is 10.0. The van der Waals surface area contributed by atoms with Crippen molar-refractivity contribution in [2.45, 2.75) is 226 Å². The third kappa shape index (κ3) is 37.0. The number of carbonyl (C=O) groups is 2. The largest absolute Gasteiger partial charge is 0.466 e. The fraction of sp³-hybridized carbons (Fsp3) is 0.949. The molecule has 0 saturated heterocycles. The van der Waals surface area contributed by atoms with E-state index in [2.05, 4.69) is 13.8 Å². The first-order chi connectivity index (χ1) is 21.2. The van der Waals surface area contributed by atoms with Crippen LogP contribution in [0.2, 0.25) is 0 Å². The molecule has 0 aromatic rings. The summed E-state index contributed by atoms with van der Waals surface area (Å²) in [6, 6.07) is 0. The molecule has 0 atom stereocenters. The lowest BCUT2D eigenvalue weighted by Crippen LogP contribution is -2.05. The minimum Gasteiger partial charge on any atom is -0.466 e. The van der Waals surface area contributed by atoms with Gasteiger partial charge in [0.15, 0.2) is 0 Å². The van der Waals surface area contributed by atoms with E-state index in [4.69, 9.17) is 9.47 Å². The average Bonchev–Trinajstić information content (AvgIpc) is 3.00. The Hall–Kier alpha value is -1.06. The highest BCUT2D eigenvalue weighted by Crippen LogP contribution is 2.15. The lowest BCUT2D eigenvalue weighted by Gasteiger charge is -2.06. The molecule has 256 valence electrons. The second-order valence-electron chi connectivity index (χ2n) is 13.2. The van der Waals surface area contributed by atoms with Crippen molar-refractivity contribution < 1.29 is 19.1 Å². The summed E-state index contributed by atoms with van der Waals surface area (Å²) in [7, 11) is 0. The van der Waals surface area contributed by atoms with E-state index in [9.17, 15) is 9.59 Å². The van der Waals surface area contributed by atoms with Crippen molar-refractivity contribution in [1.29, 1.82) is 0 Å². The Morgan fingerprint density at radius 3 is 0.837 bits per heavy atom. The number of esters is 2. The normalized spacial score (nSPS) is 11.2. The van der Waals surface area contributed by atoms with Gasteiger partial charge in [-0.05, 0) is 25.7 Å². The Morgan fingerprint density at radius 1 is 0.302 bits per heavy atom. The zero-order valence-corrected chi connectivity index (χ0v) is 29.4. The maximum Gasteiger partial charge on any atom is 0.305 e.